The van der Waals surface area contributed by atoms with Crippen LogP contribution >= 0.6 is 0 Å². The molecule has 1 saturated heterocycles. The molecule has 94 valence electrons. The molecule has 1 aliphatic heterocycles. The molecule has 1 aliphatic rings. The Morgan fingerprint density at radius 1 is 1.44 bits per heavy atom. The van der Waals surface area contributed by atoms with Gasteiger partial charge < -0.3 is 9.64 Å². The lowest BCUT2D eigenvalue weighted by atomic mass is 10.1. The smallest absolute Gasteiger partial charge is 0.254 e. The van der Waals surface area contributed by atoms with Crippen LogP contribution < -0.4 is 0 Å². The van der Waals surface area contributed by atoms with Gasteiger partial charge in [0.15, 0.2) is 0 Å². The molecule has 1 aromatic carbocycles. The summed E-state index contributed by atoms with van der Waals surface area (Å²) in [4.78, 5) is 16.1. The second-order valence-electron chi connectivity index (χ2n) is 3.76. The Labute approximate surface area is 103 Å². The third kappa shape index (κ3) is 2.58. The average molecular weight is 250 g/mol. The third-order valence-electron chi connectivity index (χ3n) is 2.65. The molecule has 0 aliphatic carbocycles. The second-order valence-corrected chi connectivity index (χ2v) is 3.76. The van der Waals surface area contributed by atoms with Gasteiger partial charge in [-0.25, -0.2) is 4.39 Å². The summed E-state index contributed by atoms with van der Waals surface area (Å²) in [5.74, 6) is -0.948. The van der Waals surface area contributed by atoms with Gasteiger partial charge in [-0.2, -0.15) is 0 Å². The first kappa shape index (κ1) is 12.3. The van der Waals surface area contributed by atoms with Crippen molar-refractivity contribution in [1.29, 1.82) is 0 Å². The van der Waals surface area contributed by atoms with Gasteiger partial charge in [-0.15, -0.1) is 0 Å². The number of hydrogen-bond acceptors (Lipinski definition) is 3. The van der Waals surface area contributed by atoms with E-state index in [1.807, 2.05) is 0 Å². The Bertz CT molecular complexity index is 508. The van der Waals surface area contributed by atoms with Crippen molar-refractivity contribution >= 4 is 11.6 Å². The lowest BCUT2D eigenvalue weighted by Crippen LogP contribution is -2.40. The Balaban J connectivity index is 2.20. The van der Waals surface area contributed by atoms with E-state index in [-0.39, 0.29) is 17.2 Å². The molecule has 0 N–H and O–H groups in total. The number of morpholine rings is 1. The molecule has 18 heavy (non-hydrogen) atoms. The van der Waals surface area contributed by atoms with Crippen molar-refractivity contribution in [3.05, 3.63) is 40.0 Å². The molecule has 0 bridgehead atoms. The normalized spacial score (nSPS) is 15.1. The monoisotopic (exact) mass is 250 g/mol. The Morgan fingerprint density at radius 3 is 2.78 bits per heavy atom. The highest BCUT2D eigenvalue weighted by Gasteiger charge is 2.19. The lowest BCUT2D eigenvalue weighted by molar-refractivity contribution is 0.0302. The fourth-order valence-corrected chi connectivity index (χ4v) is 1.72. The van der Waals surface area contributed by atoms with Gasteiger partial charge in [0.05, 0.1) is 18.9 Å². The van der Waals surface area contributed by atoms with E-state index in [0.717, 1.165) is 6.07 Å². The first-order chi connectivity index (χ1) is 8.72. The molecule has 1 aromatic rings. The van der Waals surface area contributed by atoms with Crippen molar-refractivity contribution in [2.24, 2.45) is 5.11 Å². The predicted octanol–water partition coefficient (Wildman–Crippen LogP) is 2.24. The maximum Gasteiger partial charge on any atom is 0.254 e. The maximum atomic E-state index is 13.5. The van der Waals surface area contributed by atoms with Crippen molar-refractivity contribution in [1.82, 2.24) is 4.90 Å². The summed E-state index contributed by atoms with van der Waals surface area (Å²) >= 11 is 0. The van der Waals surface area contributed by atoms with Crippen LogP contribution in [0.1, 0.15) is 10.4 Å². The Hall–Kier alpha value is -2.11. The van der Waals surface area contributed by atoms with Crippen LogP contribution in [0.2, 0.25) is 0 Å². The largest absolute Gasteiger partial charge is 0.378 e. The predicted molar refractivity (Wildman–Crippen MR) is 61.9 cm³/mol. The highest BCUT2D eigenvalue weighted by Crippen LogP contribution is 2.20. The van der Waals surface area contributed by atoms with Crippen molar-refractivity contribution in [3.8, 4) is 0 Å². The SMILES string of the molecule is [N-]=[N+]=Nc1ccc(C(=O)N2CCOCC2)cc1F. The molecule has 0 spiro atoms. The van der Waals surface area contributed by atoms with E-state index >= 15 is 0 Å². The number of nitrogens with zero attached hydrogens (tertiary/aromatic N) is 4. The summed E-state index contributed by atoms with van der Waals surface area (Å²) in [6.07, 6.45) is 0. The van der Waals surface area contributed by atoms with Gasteiger partial charge in [-0.05, 0) is 23.7 Å². The molecule has 0 unspecified atom stereocenters. The molecule has 1 fully saturated rings. The fourth-order valence-electron chi connectivity index (χ4n) is 1.72. The molecule has 0 atom stereocenters. The van der Waals surface area contributed by atoms with Crippen LogP contribution in [0.3, 0.4) is 0 Å². The summed E-state index contributed by atoms with van der Waals surface area (Å²) in [5.41, 5.74) is 8.36. The zero-order valence-corrected chi connectivity index (χ0v) is 9.54. The summed E-state index contributed by atoms with van der Waals surface area (Å²) in [6.45, 7) is 1.98. The van der Waals surface area contributed by atoms with E-state index in [9.17, 15) is 9.18 Å². The van der Waals surface area contributed by atoms with Crippen LogP contribution in [0.4, 0.5) is 10.1 Å². The highest BCUT2D eigenvalue weighted by atomic mass is 19.1. The molecule has 6 nitrogen and oxygen atoms in total. The van der Waals surface area contributed by atoms with Crippen LogP contribution in [-0.2, 0) is 4.74 Å². The number of azide groups is 1. The average Bonchev–Trinajstić information content (AvgIpc) is 2.41. The molecular formula is C11H11FN4O2. The number of amides is 1. The number of carbonyl (C=O) groups excluding carboxylic acids is 1. The van der Waals surface area contributed by atoms with Gasteiger partial charge in [0.2, 0.25) is 0 Å². The fraction of sp³-hybridized carbons (Fsp3) is 0.364. The lowest BCUT2D eigenvalue weighted by Gasteiger charge is -2.26. The Morgan fingerprint density at radius 2 is 2.17 bits per heavy atom. The minimum Gasteiger partial charge on any atom is -0.378 e. The first-order valence-electron chi connectivity index (χ1n) is 5.44. The van der Waals surface area contributed by atoms with Gasteiger partial charge in [-0.1, -0.05) is 5.11 Å². The third-order valence-corrected chi connectivity index (χ3v) is 2.65. The zero-order valence-electron chi connectivity index (χ0n) is 9.54. The second kappa shape index (κ2) is 5.48. The Kier molecular flexibility index (Phi) is 3.76. The summed E-state index contributed by atoms with van der Waals surface area (Å²) in [6, 6.07) is 3.83. The van der Waals surface area contributed by atoms with E-state index in [0.29, 0.717) is 26.3 Å². The van der Waals surface area contributed by atoms with Gasteiger partial charge in [-0.3, -0.25) is 4.79 Å². The van der Waals surface area contributed by atoms with Crippen LogP contribution in [0.15, 0.2) is 23.3 Å². The standard InChI is InChI=1S/C11H11FN4O2/c12-9-7-8(1-2-10(9)14-15-13)11(17)16-3-5-18-6-4-16/h1-2,7H,3-6H2. The number of rotatable bonds is 2. The quantitative estimate of drug-likeness (QED) is 0.458. The van der Waals surface area contributed by atoms with Gasteiger partial charge >= 0.3 is 0 Å². The van der Waals surface area contributed by atoms with Crippen molar-refractivity contribution in [3.63, 3.8) is 0 Å². The number of halogens is 1. The maximum absolute atomic E-state index is 13.5. The van der Waals surface area contributed by atoms with Crippen molar-refractivity contribution in [2.45, 2.75) is 0 Å². The molecule has 7 heteroatoms. The number of benzene rings is 1. The molecule has 1 amide bonds. The molecule has 2 rings (SSSR count). The van der Waals surface area contributed by atoms with Gasteiger partial charge in [0.25, 0.3) is 5.91 Å². The topological polar surface area (TPSA) is 78.3 Å². The van der Waals surface area contributed by atoms with E-state index < -0.39 is 5.82 Å². The summed E-state index contributed by atoms with van der Waals surface area (Å²) in [5, 5.41) is 3.18. The van der Waals surface area contributed by atoms with E-state index in [1.165, 1.54) is 12.1 Å². The minimum absolute atomic E-state index is 0.115. The minimum atomic E-state index is -0.702. The summed E-state index contributed by atoms with van der Waals surface area (Å²) < 4.78 is 18.6. The zero-order chi connectivity index (χ0) is 13.0. The van der Waals surface area contributed by atoms with Gasteiger partial charge in [0.1, 0.15) is 5.82 Å². The molecule has 0 radical (unpaired) electrons. The van der Waals surface area contributed by atoms with Crippen molar-refractivity contribution in [2.75, 3.05) is 26.3 Å². The molecule has 0 aromatic heterocycles. The number of carbonyl (C=O) groups is 1. The van der Waals surface area contributed by atoms with Crippen LogP contribution in [0.5, 0.6) is 0 Å². The number of hydrogen-bond donors (Lipinski definition) is 0. The van der Waals surface area contributed by atoms with Crippen molar-refractivity contribution < 1.29 is 13.9 Å². The van der Waals surface area contributed by atoms with Gasteiger partial charge in [0, 0.05) is 23.6 Å². The van der Waals surface area contributed by atoms with Crippen LogP contribution in [-0.4, -0.2) is 37.1 Å². The van der Waals surface area contributed by atoms with E-state index in [2.05, 4.69) is 10.0 Å². The highest BCUT2D eigenvalue weighted by molar-refractivity contribution is 5.94. The van der Waals surface area contributed by atoms with E-state index in [1.54, 1.807) is 4.90 Å². The first-order valence-corrected chi connectivity index (χ1v) is 5.44. The van der Waals surface area contributed by atoms with Crippen LogP contribution in [0, 0.1) is 5.82 Å². The number of ether oxygens (including phenoxy) is 1. The molecule has 0 saturated carbocycles. The molecular weight excluding hydrogens is 239 g/mol. The van der Waals surface area contributed by atoms with Crippen LogP contribution in [0.25, 0.3) is 10.4 Å². The van der Waals surface area contributed by atoms with E-state index in [4.69, 9.17) is 10.3 Å². The summed E-state index contributed by atoms with van der Waals surface area (Å²) in [7, 11) is 0. The molecule has 1 heterocycles.